The third-order valence-corrected chi connectivity index (χ3v) is 3.02. The average molecular weight is 229 g/mol. The van der Waals surface area contributed by atoms with E-state index < -0.39 is 0 Å². The van der Waals surface area contributed by atoms with Gasteiger partial charge in [-0.1, -0.05) is 6.92 Å². The Morgan fingerprint density at radius 3 is 2.88 bits per heavy atom. The molecule has 1 unspecified atom stereocenters. The van der Waals surface area contributed by atoms with E-state index in [0.717, 1.165) is 52.3 Å². The van der Waals surface area contributed by atoms with Gasteiger partial charge >= 0.3 is 0 Å². The van der Waals surface area contributed by atoms with Gasteiger partial charge in [-0.15, -0.1) is 0 Å². The van der Waals surface area contributed by atoms with Crippen molar-refractivity contribution in [2.24, 2.45) is 5.73 Å². The third-order valence-electron chi connectivity index (χ3n) is 3.02. The van der Waals surface area contributed by atoms with Crippen LogP contribution < -0.4 is 5.73 Å². The first-order valence-electron chi connectivity index (χ1n) is 6.48. The fourth-order valence-electron chi connectivity index (χ4n) is 2.19. The van der Waals surface area contributed by atoms with Crippen molar-refractivity contribution in [3.63, 3.8) is 0 Å². The SMILES string of the molecule is CCCN(CCCN)CC1CN(C)CCO1. The van der Waals surface area contributed by atoms with Crippen LogP contribution in [0.25, 0.3) is 0 Å². The molecule has 0 bridgehead atoms. The molecule has 1 rings (SSSR count). The molecule has 2 N–H and O–H groups in total. The lowest BCUT2D eigenvalue weighted by atomic mass is 10.2. The van der Waals surface area contributed by atoms with Crippen LogP contribution in [-0.4, -0.2) is 68.8 Å². The van der Waals surface area contributed by atoms with Gasteiger partial charge in [0, 0.05) is 19.6 Å². The molecule has 0 aromatic rings. The van der Waals surface area contributed by atoms with Crippen LogP contribution >= 0.6 is 0 Å². The van der Waals surface area contributed by atoms with Crippen molar-refractivity contribution in [2.45, 2.75) is 25.9 Å². The average Bonchev–Trinajstić information content (AvgIpc) is 2.26. The molecule has 4 nitrogen and oxygen atoms in total. The highest BCUT2D eigenvalue weighted by molar-refractivity contribution is 4.73. The standard InChI is InChI=1S/C12H27N3O/c1-3-6-15(7-4-5-13)11-12-10-14(2)8-9-16-12/h12H,3-11,13H2,1-2H3. The molecule has 0 spiro atoms. The van der Waals surface area contributed by atoms with Gasteiger partial charge in [-0.2, -0.15) is 0 Å². The first-order valence-corrected chi connectivity index (χ1v) is 6.48. The van der Waals surface area contributed by atoms with Crippen LogP contribution in [-0.2, 0) is 4.74 Å². The summed E-state index contributed by atoms with van der Waals surface area (Å²) in [7, 11) is 2.17. The highest BCUT2D eigenvalue weighted by Gasteiger charge is 2.19. The van der Waals surface area contributed by atoms with Crippen LogP contribution in [0.2, 0.25) is 0 Å². The van der Waals surface area contributed by atoms with Crippen molar-refractivity contribution in [2.75, 3.05) is 52.9 Å². The Kier molecular flexibility index (Phi) is 6.96. The van der Waals surface area contributed by atoms with Gasteiger partial charge in [-0.25, -0.2) is 0 Å². The number of nitrogens with zero attached hydrogens (tertiary/aromatic N) is 2. The minimum atomic E-state index is 0.378. The molecule has 0 aromatic heterocycles. The van der Waals surface area contributed by atoms with Gasteiger partial charge in [-0.05, 0) is 39.5 Å². The lowest BCUT2D eigenvalue weighted by Gasteiger charge is -2.33. The van der Waals surface area contributed by atoms with E-state index in [1.165, 1.54) is 6.42 Å². The van der Waals surface area contributed by atoms with Crippen LogP contribution in [0.15, 0.2) is 0 Å². The second kappa shape index (κ2) is 8.01. The Morgan fingerprint density at radius 2 is 2.25 bits per heavy atom. The molecule has 1 saturated heterocycles. The summed E-state index contributed by atoms with van der Waals surface area (Å²) in [6.07, 6.45) is 2.67. The number of likely N-dealkylation sites (N-methyl/N-ethyl adjacent to an activating group) is 1. The van der Waals surface area contributed by atoms with Gasteiger partial charge in [-0.3, -0.25) is 0 Å². The number of ether oxygens (including phenoxy) is 1. The van der Waals surface area contributed by atoms with E-state index in [1.807, 2.05) is 0 Å². The van der Waals surface area contributed by atoms with Crippen molar-refractivity contribution < 1.29 is 4.74 Å². The number of nitrogens with two attached hydrogens (primary N) is 1. The predicted octanol–water partition coefficient (Wildman–Crippen LogP) is 0.378. The molecule has 0 amide bonds. The molecule has 0 saturated carbocycles. The molecule has 4 heteroatoms. The Balaban J connectivity index is 2.28. The molecular formula is C12H27N3O. The second-order valence-electron chi connectivity index (χ2n) is 4.70. The minimum absolute atomic E-state index is 0.378. The first kappa shape index (κ1) is 13.9. The van der Waals surface area contributed by atoms with Gasteiger partial charge in [0.2, 0.25) is 0 Å². The summed E-state index contributed by atoms with van der Waals surface area (Å²) in [6, 6.07) is 0. The van der Waals surface area contributed by atoms with Gasteiger partial charge in [0.1, 0.15) is 0 Å². The largest absolute Gasteiger partial charge is 0.374 e. The lowest BCUT2D eigenvalue weighted by molar-refractivity contribution is -0.0356. The molecule has 1 atom stereocenters. The Labute approximate surface area is 99.7 Å². The number of hydrogen-bond acceptors (Lipinski definition) is 4. The maximum absolute atomic E-state index is 5.79. The van der Waals surface area contributed by atoms with E-state index in [-0.39, 0.29) is 0 Å². The van der Waals surface area contributed by atoms with Crippen LogP contribution in [0.4, 0.5) is 0 Å². The van der Waals surface area contributed by atoms with Gasteiger partial charge in [0.05, 0.1) is 12.7 Å². The zero-order chi connectivity index (χ0) is 11.8. The molecular weight excluding hydrogens is 202 g/mol. The molecule has 1 fully saturated rings. The molecule has 0 radical (unpaired) electrons. The van der Waals surface area contributed by atoms with Gasteiger partial charge < -0.3 is 20.3 Å². The van der Waals surface area contributed by atoms with E-state index in [1.54, 1.807) is 0 Å². The summed E-state index contributed by atoms with van der Waals surface area (Å²) in [5.41, 5.74) is 5.56. The Bertz CT molecular complexity index is 178. The van der Waals surface area contributed by atoms with Gasteiger partial charge in [0.15, 0.2) is 0 Å². The van der Waals surface area contributed by atoms with Gasteiger partial charge in [0.25, 0.3) is 0 Å². The molecule has 0 aliphatic carbocycles. The monoisotopic (exact) mass is 229 g/mol. The maximum atomic E-state index is 5.79. The van der Waals surface area contributed by atoms with Crippen molar-refractivity contribution in [1.82, 2.24) is 9.80 Å². The normalized spacial score (nSPS) is 22.9. The zero-order valence-electron chi connectivity index (χ0n) is 10.8. The zero-order valence-corrected chi connectivity index (χ0v) is 10.8. The maximum Gasteiger partial charge on any atom is 0.0829 e. The second-order valence-corrected chi connectivity index (χ2v) is 4.70. The summed E-state index contributed by atoms with van der Waals surface area (Å²) < 4.78 is 5.79. The number of rotatable bonds is 7. The third kappa shape index (κ3) is 5.25. The van der Waals surface area contributed by atoms with Crippen molar-refractivity contribution in [3.8, 4) is 0 Å². The summed E-state index contributed by atoms with van der Waals surface area (Å²) in [6.45, 7) is 9.32. The molecule has 1 aliphatic rings. The van der Waals surface area contributed by atoms with E-state index in [2.05, 4.69) is 23.8 Å². The summed E-state index contributed by atoms with van der Waals surface area (Å²) >= 11 is 0. The van der Waals surface area contributed by atoms with Crippen molar-refractivity contribution >= 4 is 0 Å². The minimum Gasteiger partial charge on any atom is -0.374 e. The lowest BCUT2D eigenvalue weighted by Crippen LogP contribution is -2.46. The Morgan fingerprint density at radius 1 is 1.44 bits per heavy atom. The van der Waals surface area contributed by atoms with E-state index >= 15 is 0 Å². The first-order chi connectivity index (χ1) is 7.76. The predicted molar refractivity (Wildman–Crippen MR) is 67.6 cm³/mol. The molecule has 0 aromatic carbocycles. The molecule has 1 aliphatic heterocycles. The van der Waals surface area contributed by atoms with E-state index in [9.17, 15) is 0 Å². The molecule has 96 valence electrons. The van der Waals surface area contributed by atoms with E-state index in [0.29, 0.717) is 6.10 Å². The number of hydrogen-bond donors (Lipinski definition) is 1. The molecule has 16 heavy (non-hydrogen) atoms. The smallest absolute Gasteiger partial charge is 0.0829 e. The van der Waals surface area contributed by atoms with Crippen LogP contribution in [0.1, 0.15) is 19.8 Å². The fourth-order valence-corrected chi connectivity index (χ4v) is 2.19. The topological polar surface area (TPSA) is 41.7 Å². The quantitative estimate of drug-likeness (QED) is 0.685. The number of morpholine rings is 1. The van der Waals surface area contributed by atoms with Crippen LogP contribution in [0.3, 0.4) is 0 Å². The van der Waals surface area contributed by atoms with Crippen molar-refractivity contribution in [3.05, 3.63) is 0 Å². The van der Waals surface area contributed by atoms with E-state index in [4.69, 9.17) is 10.5 Å². The van der Waals surface area contributed by atoms with Crippen LogP contribution in [0, 0.1) is 0 Å². The fraction of sp³-hybridized carbons (Fsp3) is 1.00. The Hall–Kier alpha value is -0.160. The molecule has 1 heterocycles. The summed E-state index contributed by atoms with van der Waals surface area (Å²) in [4.78, 5) is 4.83. The summed E-state index contributed by atoms with van der Waals surface area (Å²) in [5.74, 6) is 0. The van der Waals surface area contributed by atoms with Crippen LogP contribution in [0.5, 0.6) is 0 Å². The highest BCUT2D eigenvalue weighted by atomic mass is 16.5. The summed E-state index contributed by atoms with van der Waals surface area (Å²) in [5, 5.41) is 0. The highest BCUT2D eigenvalue weighted by Crippen LogP contribution is 2.06. The van der Waals surface area contributed by atoms with Crippen molar-refractivity contribution in [1.29, 1.82) is 0 Å².